The van der Waals surface area contributed by atoms with Gasteiger partial charge >= 0.3 is 6.03 Å². The average molecular weight is 301 g/mol. The highest BCUT2D eigenvalue weighted by Crippen LogP contribution is 2.33. The summed E-state index contributed by atoms with van der Waals surface area (Å²) >= 11 is 0. The maximum Gasteiger partial charge on any atom is 0.320 e. The first-order valence-corrected chi connectivity index (χ1v) is 8.06. The average Bonchev–Trinajstić information content (AvgIpc) is 2.55. The molecule has 0 N–H and O–H groups in total. The van der Waals surface area contributed by atoms with Gasteiger partial charge < -0.3 is 14.7 Å². The maximum atomic E-state index is 12.6. The summed E-state index contributed by atoms with van der Waals surface area (Å²) < 4.78 is 0. The van der Waals surface area contributed by atoms with E-state index in [4.69, 9.17) is 0 Å². The first-order chi connectivity index (χ1) is 10.7. The largest absolute Gasteiger partial charge is 0.332 e. The molecule has 0 spiro atoms. The molecule has 0 aromatic heterocycles. The Morgan fingerprint density at radius 1 is 1.27 bits per heavy atom. The van der Waals surface area contributed by atoms with Gasteiger partial charge in [-0.25, -0.2) is 4.79 Å². The minimum Gasteiger partial charge on any atom is -0.332 e. The van der Waals surface area contributed by atoms with E-state index in [-0.39, 0.29) is 24.5 Å². The van der Waals surface area contributed by atoms with Crippen LogP contribution in [0.5, 0.6) is 0 Å². The molecule has 2 aliphatic heterocycles. The molecule has 0 saturated carbocycles. The van der Waals surface area contributed by atoms with Gasteiger partial charge in [0.2, 0.25) is 5.91 Å². The van der Waals surface area contributed by atoms with Gasteiger partial charge in [0.05, 0.1) is 6.04 Å². The van der Waals surface area contributed by atoms with Crippen molar-refractivity contribution in [3.05, 3.63) is 35.4 Å². The van der Waals surface area contributed by atoms with Crippen molar-refractivity contribution in [1.29, 1.82) is 0 Å². The molecule has 3 amide bonds. The first-order valence-electron chi connectivity index (χ1n) is 8.06. The molecule has 22 heavy (non-hydrogen) atoms. The summed E-state index contributed by atoms with van der Waals surface area (Å²) in [6.07, 6.45) is 0.905. The summed E-state index contributed by atoms with van der Waals surface area (Å²) in [6.45, 7) is 6.83. The van der Waals surface area contributed by atoms with Crippen LogP contribution in [-0.2, 0) is 11.2 Å². The second-order valence-electron chi connectivity index (χ2n) is 5.89. The van der Waals surface area contributed by atoms with E-state index in [1.54, 1.807) is 9.80 Å². The second-order valence-corrected chi connectivity index (χ2v) is 5.89. The molecule has 1 atom stereocenters. The number of benzene rings is 1. The molecule has 0 unspecified atom stereocenters. The molecule has 1 fully saturated rings. The molecule has 2 aliphatic rings. The minimum atomic E-state index is -0.0268. The SMILES string of the molecule is CCN(CC)C(=O)N1CC(=O)N2CCc3ccccc3[C@H]2C1. The van der Waals surface area contributed by atoms with Crippen molar-refractivity contribution in [3.8, 4) is 0 Å². The first kappa shape index (κ1) is 14.9. The third kappa shape index (κ3) is 2.45. The van der Waals surface area contributed by atoms with E-state index < -0.39 is 0 Å². The lowest BCUT2D eigenvalue weighted by atomic mass is 9.91. The number of rotatable bonds is 2. The third-order valence-electron chi connectivity index (χ3n) is 4.76. The normalized spacial score (nSPS) is 20.5. The Bertz CT molecular complexity index is 583. The predicted molar refractivity (Wildman–Crippen MR) is 84.5 cm³/mol. The van der Waals surface area contributed by atoms with Crippen LogP contribution in [-0.4, -0.2) is 59.4 Å². The number of hydrogen-bond donors (Lipinski definition) is 0. The van der Waals surface area contributed by atoms with Crippen LogP contribution in [0.2, 0.25) is 0 Å². The van der Waals surface area contributed by atoms with Crippen LogP contribution in [0.4, 0.5) is 4.79 Å². The molecular weight excluding hydrogens is 278 g/mol. The number of urea groups is 1. The van der Waals surface area contributed by atoms with E-state index in [2.05, 4.69) is 12.1 Å². The standard InChI is InChI=1S/C17H23N3O2/c1-3-18(4-2)17(22)19-11-15-14-8-6-5-7-13(14)9-10-20(15)16(21)12-19/h5-8,15H,3-4,9-12H2,1-2H3/t15-/m1/s1. The van der Waals surface area contributed by atoms with Crippen molar-refractivity contribution < 1.29 is 9.59 Å². The van der Waals surface area contributed by atoms with Crippen molar-refractivity contribution in [2.75, 3.05) is 32.7 Å². The summed E-state index contributed by atoms with van der Waals surface area (Å²) in [7, 11) is 0. The predicted octanol–water partition coefficient (Wildman–Crippen LogP) is 1.89. The number of carbonyl (C=O) groups is 2. The molecule has 118 valence electrons. The van der Waals surface area contributed by atoms with Crippen molar-refractivity contribution in [1.82, 2.24) is 14.7 Å². The maximum absolute atomic E-state index is 12.6. The second kappa shape index (κ2) is 5.99. The Morgan fingerprint density at radius 3 is 2.73 bits per heavy atom. The van der Waals surface area contributed by atoms with Crippen molar-refractivity contribution >= 4 is 11.9 Å². The van der Waals surface area contributed by atoms with Crippen molar-refractivity contribution in [2.45, 2.75) is 26.3 Å². The molecule has 0 bridgehead atoms. The van der Waals surface area contributed by atoms with Gasteiger partial charge in [0.15, 0.2) is 0 Å². The van der Waals surface area contributed by atoms with E-state index in [0.29, 0.717) is 19.6 Å². The number of fused-ring (bicyclic) bond motifs is 3. The number of hydrogen-bond acceptors (Lipinski definition) is 2. The van der Waals surface area contributed by atoms with Gasteiger partial charge in [-0.15, -0.1) is 0 Å². The van der Waals surface area contributed by atoms with Gasteiger partial charge in [0.25, 0.3) is 0 Å². The zero-order valence-corrected chi connectivity index (χ0v) is 13.3. The summed E-state index contributed by atoms with van der Waals surface area (Å²) in [4.78, 5) is 30.5. The molecule has 0 radical (unpaired) electrons. The summed E-state index contributed by atoms with van der Waals surface area (Å²) in [5.41, 5.74) is 2.49. The highest BCUT2D eigenvalue weighted by atomic mass is 16.2. The zero-order chi connectivity index (χ0) is 15.7. The highest BCUT2D eigenvalue weighted by Gasteiger charge is 2.39. The molecule has 0 aliphatic carbocycles. The highest BCUT2D eigenvalue weighted by molar-refractivity contribution is 5.86. The summed E-state index contributed by atoms with van der Waals surface area (Å²) in [5, 5.41) is 0. The molecule has 1 aromatic carbocycles. The Morgan fingerprint density at radius 2 is 2.00 bits per heavy atom. The van der Waals surface area contributed by atoms with Crippen molar-refractivity contribution in [3.63, 3.8) is 0 Å². The van der Waals surface area contributed by atoms with Crippen LogP contribution in [0, 0.1) is 0 Å². The van der Waals surface area contributed by atoms with Crippen LogP contribution in [0.15, 0.2) is 24.3 Å². The van der Waals surface area contributed by atoms with E-state index in [1.807, 2.05) is 30.9 Å². The Balaban J connectivity index is 1.86. The smallest absolute Gasteiger partial charge is 0.320 e. The van der Waals surface area contributed by atoms with Gasteiger partial charge in [0, 0.05) is 26.2 Å². The fourth-order valence-corrected chi connectivity index (χ4v) is 3.51. The monoisotopic (exact) mass is 301 g/mol. The van der Waals surface area contributed by atoms with Crippen LogP contribution in [0.25, 0.3) is 0 Å². The van der Waals surface area contributed by atoms with E-state index in [0.717, 1.165) is 13.0 Å². The molecule has 2 heterocycles. The number of amides is 3. The number of carbonyl (C=O) groups excluding carboxylic acids is 2. The number of nitrogens with zero attached hydrogens (tertiary/aromatic N) is 3. The quantitative estimate of drug-likeness (QED) is 0.837. The molecule has 3 rings (SSSR count). The minimum absolute atomic E-state index is 0.00529. The molecule has 5 heteroatoms. The summed E-state index contributed by atoms with van der Waals surface area (Å²) in [5.74, 6) is 0.0614. The van der Waals surface area contributed by atoms with Crippen LogP contribution in [0.1, 0.15) is 31.0 Å². The molecule has 5 nitrogen and oxygen atoms in total. The number of piperazine rings is 1. The Hall–Kier alpha value is -2.04. The topological polar surface area (TPSA) is 43.9 Å². The van der Waals surface area contributed by atoms with E-state index in [9.17, 15) is 9.59 Å². The Kier molecular flexibility index (Phi) is 4.05. The lowest BCUT2D eigenvalue weighted by Crippen LogP contribution is -2.58. The van der Waals surface area contributed by atoms with Gasteiger partial charge in [0.1, 0.15) is 6.54 Å². The van der Waals surface area contributed by atoms with Crippen molar-refractivity contribution in [2.24, 2.45) is 0 Å². The lowest BCUT2D eigenvalue weighted by Gasteiger charge is -2.45. The van der Waals surface area contributed by atoms with Gasteiger partial charge in [-0.1, -0.05) is 24.3 Å². The fraction of sp³-hybridized carbons (Fsp3) is 0.529. The van der Waals surface area contributed by atoms with Gasteiger partial charge in [-0.05, 0) is 31.4 Å². The molecule has 1 aromatic rings. The third-order valence-corrected chi connectivity index (χ3v) is 4.76. The lowest BCUT2D eigenvalue weighted by molar-refractivity contribution is -0.139. The van der Waals surface area contributed by atoms with E-state index >= 15 is 0 Å². The summed E-state index contributed by atoms with van der Waals surface area (Å²) in [6, 6.07) is 8.25. The molecular formula is C17H23N3O2. The zero-order valence-electron chi connectivity index (χ0n) is 13.3. The Labute approximate surface area is 131 Å². The van der Waals surface area contributed by atoms with Crippen LogP contribution >= 0.6 is 0 Å². The van der Waals surface area contributed by atoms with Gasteiger partial charge in [-0.2, -0.15) is 0 Å². The fourth-order valence-electron chi connectivity index (χ4n) is 3.51. The van der Waals surface area contributed by atoms with E-state index in [1.165, 1.54) is 11.1 Å². The van der Waals surface area contributed by atoms with Gasteiger partial charge in [-0.3, -0.25) is 4.79 Å². The van der Waals surface area contributed by atoms with Crippen LogP contribution in [0.3, 0.4) is 0 Å². The molecule has 1 saturated heterocycles. The van der Waals surface area contributed by atoms with Crippen LogP contribution < -0.4 is 0 Å².